The molecule has 1 aliphatic carbocycles. The third-order valence-electron chi connectivity index (χ3n) is 6.64. The summed E-state index contributed by atoms with van der Waals surface area (Å²) < 4.78 is 3.28. The highest BCUT2D eigenvalue weighted by molar-refractivity contribution is 6.31. The molecule has 0 bridgehead atoms. The molecule has 1 aromatic heterocycles. The summed E-state index contributed by atoms with van der Waals surface area (Å²) in [4.78, 5) is 27.1. The Kier molecular flexibility index (Phi) is 10.0. The predicted molar refractivity (Wildman–Crippen MR) is 137 cm³/mol. The number of rotatable bonds is 6. The van der Waals surface area contributed by atoms with E-state index in [1.165, 1.54) is 36.8 Å². The molecule has 0 aliphatic heterocycles. The summed E-state index contributed by atoms with van der Waals surface area (Å²) in [7, 11) is 7.89. The highest BCUT2D eigenvalue weighted by Crippen LogP contribution is 2.25. The van der Waals surface area contributed by atoms with Gasteiger partial charge in [0.1, 0.15) is 0 Å². The summed E-state index contributed by atoms with van der Waals surface area (Å²) in [5, 5.41) is 6.51. The first kappa shape index (κ1) is 27.0. The van der Waals surface area contributed by atoms with Crippen molar-refractivity contribution in [2.45, 2.75) is 65.5 Å². The molecular formula is C25H40ClN5O2. The molecule has 0 atom stereocenters. The van der Waals surface area contributed by atoms with E-state index in [9.17, 15) is 9.59 Å². The van der Waals surface area contributed by atoms with Gasteiger partial charge in [0, 0.05) is 48.6 Å². The Balaban J connectivity index is 0.000000357. The zero-order chi connectivity index (χ0) is 24.7. The second kappa shape index (κ2) is 12.3. The topological polar surface area (TPSA) is 71.3 Å². The average Bonchev–Trinajstić information content (AvgIpc) is 2.98. The second-order valence-electron chi connectivity index (χ2n) is 9.01. The average molecular weight is 478 g/mol. The molecule has 1 heterocycles. The van der Waals surface area contributed by atoms with Gasteiger partial charge >= 0.3 is 0 Å². The number of hydrogen-bond acceptors (Lipinski definition) is 4. The molecular weight excluding hydrogens is 438 g/mol. The molecule has 1 amide bonds. The number of halogens is 1. The molecule has 1 fully saturated rings. The van der Waals surface area contributed by atoms with Gasteiger partial charge in [0.25, 0.3) is 11.5 Å². The Labute approximate surface area is 203 Å². The minimum atomic E-state index is -0.251. The predicted octanol–water partition coefficient (Wildman–Crippen LogP) is 4.24. The molecule has 3 rings (SSSR count). The van der Waals surface area contributed by atoms with E-state index < -0.39 is 0 Å². The molecule has 1 aromatic carbocycles. The van der Waals surface area contributed by atoms with E-state index in [0.717, 1.165) is 29.5 Å². The van der Waals surface area contributed by atoms with Crippen LogP contribution in [0.1, 0.15) is 66.2 Å². The highest BCUT2D eigenvalue weighted by atomic mass is 35.5. The molecule has 7 nitrogen and oxygen atoms in total. The number of amides is 1. The first-order valence-corrected chi connectivity index (χ1v) is 12.2. The van der Waals surface area contributed by atoms with Crippen molar-refractivity contribution >= 4 is 23.2 Å². The van der Waals surface area contributed by atoms with E-state index in [0.29, 0.717) is 16.1 Å². The summed E-state index contributed by atoms with van der Waals surface area (Å²) in [5.41, 5.74) is 3.48. The summed E-state index contributed by atoms with van der Waals surface area (Å²) in [6, 6.07) is 4.33. The van der Waals surface area contributed by atoms with Gasteiger partial charge in [0.2, 0.25) is 0 Å². The minimum absolute atomic E-state index is 0.105. The van der Waals surface area contributed by atoms with Crippen molar-refractivity contribution in [3.8, 4) is 0 Å². The van der Waals surface area contributed by atoms with Crippen molar-refractivity contribution in [2.24, 2.45) is 14.1 Å². The van der Waals surface area contributed by atoms with Gasteiger partial charge in [-0.25, -0.2) is 0 Å². The van der Waals surface area contributed by atoms with Crippen molar-refractivity contribution in [2.75, 3.05) is 26.0 Å². The van der Waals surface area contributed by atoms with Crippen LogP contribution in [0.15, 0.2) is 16.9 Å². The Morgan fingerprint density at radius 2 is 1.76 bits per heavy atom. The van der Waals surface area contributed by atoms with Crippen molar-refractivity contribution in [3.63, 3.8) is 0 Å². The van der Waals surface area contributed by atoms with Crippen LogP contribution in [0, 0.1) is 13.8 Å². The molecule has 0 unspecified atom stereocenters. The number of aromatic nitrogens is 2. The van der Waals surface area contributed by atoms with Crippen LogP contribution in [0.4, 0.5) is 5.69 Å². The molecule has 1 saturated carbocycles. The molecule has 2 aromatic rings. The monoisotopic (exact) mass is 477 g/mol. The quantitative estimate of drug-likeness (QED) is 0.652. The number of anilines is 1. The third kappa shape index (κ3) is 6.87. The van der Waals surface area contributed by atoms with Gasteiger partial charge in [0.05, 0.1) is 12.1 Å². The van der Waals surface area contributed by atoms with Crippen molar-refractivity contribution in [1.82, 2.24) is 19.6 Å². The van der Waals surface area contributed by atoms with E-state index in [2.05, 4.69) is 29.6 Å². The lowest BCUT2D eigenvalue weighted by atomic mass is 9.95. The summed E-state index contributed by atoms with van der Waals surface area (Å²) in [6.45, 7) is 6.63. The lowest BCUT2D eigenvalue weighted by molar-refractivity contribution is 0.0950. The fourth-order valence-electron chi connectivity index (χ4n) is 4.26. The lowest BCUT2D eigenvalue weighted by Gasteiger charge is -2.27. The van der Waals surface area contributed by atoms with Crippen LogP contribution < -0.4 is 16.2 Å². The van der Waals surface area contributed by atoms with Crippen LogP contribution in [-0.4, -0.2) is 46.9 Å². The summed E-state index contributed by atoms with van der Waals surface area (Å²) in [5.74, 6) is -0.251. The van der Waals surface area contributed by atoms with E-state index in [1.54, 1.807) is 23.9 Å². The van der Waals surface area contributed by atoms with Crippen molar-refractivity contribution in [3.05, 3.63) is 49.9 Å². The van der Waals surface area contributed by atoms with Gasteiger partial charge in [-0.15, -0.1) is 0 Å². The Hall–Kier alpha value is -2.25. The largest absolute Gasteiger partial charge is 0.385 e. The maximum atomic E-state index is 12.5. The Morgan fingerprint density at radius 1 is 1.12 bits per heavy atom. The van der Waals surface area contributed by atoms with Crippen molar-refractivity contribution < 1.29 is 4.79 Å². The minimum Gasteiger partial charge on any atom is -0.385 e. The number of carbonyl (C=O) groups excluding carboxylic acids is 1. The number of hydrogen-bond donors (Lipinski definition) is 2. The first-order chi connectivity index (χ1) is 15.6. The van der Waals surface area contributed by atoms with Gasteiger partial charge in [-0.2, -0.15) is 0 Å². The summed E-state index contributed by atoms with van der Waals surface area (Å²) >= 11 is 6.12. The van der Waals surface area contributed by atoms with E-state index >= 15 is 0 Å². The zero-order valence-electron chi connectivity index (χ0n) is 21.2. The van der Waals surface area contributed by atoms with Crippen LogP contribution in [0.3, 0.4) is 0 Å². The molecule has 2 N–H and O–H groups in total. The van der Waals surface area contributed by atoms with Crippen LogP contribution >= 0.6 is 11.6 Å². The van der Waals surface area contributed by atoms with Crippen LogP contribution in [0.5, 0.6) is 0 Å². The Bertz CT molecular complexity index is 1000. The second-order valence-corrected chi connectivity index (χ2v) is 9.45. The molecule has 1 aliphatic rings. The van der Waals surface area contributed by atoms with Crippen LogP contribution in [-0.2, 0) is 20.6 Å². The fourth-order valence-corrected chi connectivity index (χ4v) is 4.48. The van der Waals surface area contributed by atoms with Gasteiger partial charge in [0.15, 0.2) is 0 Å². The smallest absolute Gasteiger partial charge is 0.271 e. The highest BCUT2D eigenvalue weighted by Gasteiger charge is 2.17. The third-order valence-corrected chi connectivity index (χ3v) is 6.86. The summed E-state index contributed by atoms with van der Waals surface area (Å²) in [6.07, 6.45) is 7.20. The molecule has 0 saturated heterocycles. The van der Waals surface area contributed by atoms with E-state index in [4.69, 9.17) is 11.6 Å². The number of benzene rings is 1. The molecule has 0 radical (unpaired) electrons. The normalized spacial score (nSPS) is 14.1. The van der Waals surface area contributed by atoms with E-state index in [1.807, 2.05) is 27.8 Å². The van der Waals surface area contributed by atoms with E-state index in [-0.39, 0.29) is 18.0 Å². The maximum Gasteiger partial charge on any atom is 0.271 e. The SMILES string of the molecule is CCNc1cc(Cl)cc(C(=O)NCc2c(C)n(C)n(C)c2=O)c1C.CN(C)C1CCCCC1. The number of nitrogens with zero attached hydrogens (tertiary/aromatic N) is 3. The fraction of sp³-hybridized carbons (Fsp3) is 0.600. The zero-order valence-corrected chi connectivity index (χ0v) is 22.0. The van der Waals surface area contributed by atoms with Crippen molar-refractivity contribution in [1.29, 1.82) is 0 Å². The standard InChI is InChI=1S/C17H23ClN4O2.C8H17N/c1-6-19-15-8-12(18)7-13(10(15)2)16(23)20-9-14-11(3)21(4)22(5)17(14)24;1-9(2)8-6-4-3-5-7-8/h7-8,19H,6,9H2,1-5H3,(H,20,23);8H,3-7H2,1-2H3. The van der Waals surface area contributed by atoms with Crippen LogP contribution in [0.2, 0.25) is 5.02 Å². The molecule has 8 heteroatoms. The Morgan fingerprint density at radius 3 is 2.24 bits per heavy atom. The molecule has 184 valence electrons. The molecule has 0 spiro atoms. The number of nitrogens with one attached hydrogen (secondary N) is 2. The van der Waals surface area contributed by atoms with Gasteiger partial charge in [-0.3, -0.25) is 19.0 Å². The van der Waals surface area contributed by atoms with Gasteiger partial charge in [-0.05, 0) is 65.4 Å². The number of carbonyl (C=O) groups is 1. The maximum absolute atomic E-state index is 12.5. The molecule has 33 heavy (non-hydrogen) atoms. The van der Waals surface area contributed by atoms with Gasteiger partial charge in [-0.1, -0.05) is 30.9 Å². The lowest BCUT2D eigenvalue weighted by Crippen LogP contribution is -2.29. The first-order valence-electron chi connectivity index (χ1n) is 11.8. The van der Waals surface area contributed by atoms with Crippen LogP contribution in [0.25, 0.3) is 0 Å². The van der Waals surface area contributed by atoms with Gasteiger partial charge < -0.3 is 15.5 Å².